The quantitative estimate of drug-likeness (QED) is 0.747. The number of likely N-dealkylation sites (N-methyl/N-ethyl adjacent to an activating group) is 1. The fourth-order valence-electron chi connectivity index (χ4n) is 2.71. The maximum absolute atomic E-state index is 12.5. The van der Waals surface area contributed by atoms with Gasteiger partial charge in [-0.05, 0) is 44.0 Å². The van der Waals surface area contributed by atoms with Gasteiger partial charge in [0.25, 0.3) is 0 Å². The highest BCUT2D eigenvalue weighted by Crippen LogP contribution is 2.28. The Labute approximate surface area is 152 Å². The van der Waals surface area contributed by atoms with E-state index in [0.29, 0.717) is 5.56 Å². The SMILES string of the molecule is CNC(=O)[C@H]1Cc2ccc(NS(=O)(=O)[O-])cc2CN1C(=O)OC(C)(C)C. The number of hydrogen-bond acceptors (Lipinski definition) is 6. The van der Waals surface area contributed by atoms with Crippen LogP contribution in [0.4, 0.5) is 10.5 Å². The molecule has 1 heterocycles. The van der Waals surface area contributed by atoms with E-state index in [-0.39, 0.29) is 24.6 Å². The Bertz CT molecular complexity index is 816. The Hall–Kier alpha value is -2.33. The van der Waals surface area contributed by atoms with E-state index in [1.807, 2.05) is 4.72 Å². The summed E-state index contributed by atoms with van der Waals surface area (Å²) in [6.45, 7) is 5.22. The smallest absolute Gasteiger partial charge is 0.411 e. The summed E-state index contributed by atoms with van der Waals surface area (Å²) in [5, 5.41) is 2.53. The average Bonchev–Trinajstić information content (AvgIpc) is 2.49. The first-order chi connectivity index (χ1) is 11.9. The Morgan fingerprint density at radius 3 is 2.46 bits per heavy atom. The van der Waals surface area contributed by atoms with E-state index in [2.05, 4.69) is 5.32 Å². The van der Waals surface area contributed by atoms with Crippen LogP contribution in [0.1, 0.15) is 31.9 Å². The van der Waals surface area contributed by atoms with Gasteiger partial charge in [-0.1, -0.05) is 6.07 Å². The van der Waals surface area contributed by atoms with Crippen LogP contribution >= 0.6 is 0 Å². The molecule has 1 aromatic carbocycles. The molecule has 0 radical (unpaired) electrons. The summed E-state index contributed by atoms with van der Waals surface area (Å²) >= 11 is 0. The van der Waals surface area contributed by atoms with Gasteiger partial charge in [0.1, 0.15) is 11.6 Å². The molecule has 26 heavy (non-hydrogen) atoms. The zero-order valence-corrected chi connectivity index (χ0v) is 15.8. The Morgan fingerprint density at radius 1 is 1.27 bits per heavy atom. The highest BCUT2D eigenvalue weighted by molar-refractivity contribution is 7.87. The van der Waals surface area contributed by atoms with E-state index in [1.54, 1.807) is 26.8 Å². The van der Waals surface area contributed by atoms with E-state index in [4.69, 9.17) is 4.74 Å². The second kappa shape index (κ2) is 7.12. The average molecular weight is 384 g/mol. The molecule has 0 fully saturated rings. The Balaban J connectivity index is 2.35. The number of anilines is 1. The second-order valence-electron chi connectivity index (χ2n) is 6.98. The van der Waals surface area contributed by atoms with Crippen LogP contribution < -0.4 is 10.0 Å². The molecule has 0 aliphatic carbocycles. The van der Waals surface area contributed by atoms with Crippen LogP contribution in [0, 0.1) is 0 Å². The standard InChI is InChI=1S/C16H23N3O6S/c1-16(2,3)25-15(21)19-9-11-7-12(18-26(22,23)24)6-5-10(11)8-13(19)14(20)17-4/h5-7,13,18H,8-9H2,1-4H3,(H,17,20)(H,22,23,24)/p-1/t13-/m1/s1. The lowest BCUT2D eigenvalue weighted by atomic mass is 9.93. The molecule has 2 amide bonds. The molecule has 1 aliphatic rings. The van der Waals surface area contributed by atoms with Crippen molar-refractivity contribution in [2.24, 2.45) is 0 Å². The lowest BCUT2D eigenvalue weighted by molar-refractivity contribution is -0.126. The first-order valence-electron chi connectivity index (χ1n) is 7.96. The number of rotatable bonds is 3. The molecule has 10 heteroatoms. The van der Waals surface area contributed by atoms with Gasteiger partial charge in [0.05, 0.1) is 6.54 Å². The maximum atomic E-state index is 12.5. The zero-order valence-electron chi connectivity index (χ0n) is 15.0. The second-order valence-corrected chi connectivity index (χ2v) is 8.09. The number of carbonyl (C=O) groups excluding carboxylic acids is 2. The van der Waals surface area contributed by atoms with Gasteiger partial charge in [0, 0.05) is 19.2 Å². The van der Waals surface area contributed by atoms with Gasteiger partial charge in [-0.25, -0.2) is 13.2 Å². The van der Waals surface area contributed by atoms with Crippen molar-refractivity contribution in [3.63, 3.8) is 0 Å². The number of nitrogens with zero attached hydrogens (tertiary/aromatic N) is 1. The van der Waals surface area contributed by atoms with Gasteiger partial charge in [-0.15, -0.1) is 0 Å². The van der Waals surface area contributed by atoms with Gasteiger partial charge >= 0.3 is 6.09 Å². The summed E-state index contributed by atoms with van der Waals surface area (Å²) < 4.78 is 39.9. The van der Waals surface area contributed by atoms with Gasteiger partial charge in [0.2, 0.25) is 5.91 Å². The minimum atomic E-state index is -4.66. The van der Waals surface area contributed by atoms with Crippen LogP contribution in [0.15, 0.2) is 18.2 Å². The van der Waals surface area contributed by atoms with Crippen LogP contribution in [0.5, 0.6) is 0 Å². The minimum absolute atomic E-state index is 0.0523. The number of carbonyl (C=O) groups is 2. The van der Waals surface area contributed by atoms with E-state index >= 15 is 0 Å². The molecule has 1 atom stereocenters. The summed E-state index contributed by atoms with van der Waals surface area (Å²) in [6.07, 6.45) is -0.398. The molecule has 2 N–H and O–H groups in total. The number of nitrogens with one attached hydrogen (secondary N) is 2. The third kappa shape index (κ3) is 5.09. The molecule has 0 unspecified atom stereocenters. The molecular formula is C16H22N3O6S-. The van der Waals surface area contributed by atoms with Crippen molar-refractivity contribution < 1.29 is 27.3 Å². The highest BCUT2D eigenvalue weighted by atomic mass is 32.2. The van der Waals surface area contributed by atoms with E-state index in [1.165, 1.54) is 24.1 Å². The monoisotopic (exact) mass is 384 g/mol. The van der Waals surface area contributed by atoms with Gasteiger partial charge in [0.15, 0.2) is 10.3 Å². The van der Waals surface area contributed by atoms with E-state index in [9.17, 15) is 22.6 Å². The Morgan fingerprint density at radius 2 is 1.92 bits per heavy atom. The summed E-state index contributed by atoms with van der Waals surface area (Å²) in [5.41, 5.74) is 0.781. The first kappa shape index (κ1) is 20.0. The van der Waals surface area contributed by atoms with Gasteiger partial charge in [-0.3, -0.25) is 14.4 Å². The van der Waals surface area contributed by atoms with Gasteiger partial charge in [-0.2, -0.15) is 0 Å². The fraction of sp³-hybridized carbons (Fsp3) is 0.500. The number of amides is 2. The molecule has 0 spiro atoms. The molecule has 0 saturated carbocycles. The van der Waals surface area contributed by atoms with Crippen molar-refractivity contribution >= 4 is 28.0 Å². The predicted octanol–water partition coefficient (Wildman–Crippen LogP) is 0.966. The lowest BCUT2D eigenvalue weighted by Crippen LogP contribution is -2.53. The van der Waals surface area contributed by atoms with Crippen molar-refractivity contribution in [1.29, 1.82) is 0 Å². The van der Waals surface area contributed by atoms with Crippen LogP contribution in [-0.2, 0) is 32.8 Å². The van der Waals surface area contributed by atoms with Crippen molar-refractivity contribution in [1.82, 2.24) is 10.2 Å². The van der Waals surface area contributed by atoms with E-state index in [0.717, 1.165) is 5.56 Å². The minimum Gasteiger partial charge on any atom is -0.731 e. The molecule has 9 nitrogen and oxygen atoms in total. The van der Waals surface area contributed by atoms with Gasteiger partial charge < -0.3 is 14.6 Å². The van der Waals surface area contributed by atoms with Crippen molar-refractivity contribution in [3.05, 3.63) is 29.3 Å². The molecular weight excluding hydrogens is 362 g/mol. The maximum Gasteiger partial charge on any atom is 0.411 e. The number of benzene rings is 1. The van der Waals surface area contributed by atoms with E-state index < -0.39 is 28.0 Å². The van der Waals surface area contributed by atoms with Crippen LogP contribution in [-0.4, -0.2) is 48.6 Å². The highest BCUT2D eigenvalue weighted by Gasteiger charge is 2.36. The van der Waals surface area contributed by atoms with Crippen LogP contribution in [0.2, 0.25) is 0 Å². The normalized spacial score (nSPS) is 17.3. The van der Waals surface area contributed by atoms with Crippen molar-refractivity contribution in [2.45, 2.75) is 45.4 Å². The number of ether oxygens (including phenoxy) is 1. The summed E-state index contributed by atoms with van der Waals surface area (Å²) in [7, 11) is -3.17. The zero-order chi connectivity index (χ0) is 19.7. The third-order valence-electron chi connectivity index (χ3n) is 3.76. The van der Waals surface area contributed by atoms with Crippen molar-refractivity contribution in [2.75, 3.05) is 11.8 Å². The number of fused-ring (bicyclic) bond motifs is 1. The molecule has 0 aromatic heterocycles. The Kier molecular flexibility index (Phi) is 5.47. The first-order valence-corrected chi connectivity index (χ1v) is 9.37. The summed E-state index contributed by atoms with van der Waals surface area (Å²) in [5.74, 6) is -0.328. The third-order valence-corrected chi connectivity index (χ3v) is 4.24. The molecule has 1 aliphatic heterocycles. The summed E-state index contributed by atoms with van der Waals surface area (Å²) in [4.78, 5) is 26.0. The molecule has 2 rings (SSSR count). The number of hydrogen-bond donors (Lipinski definition) is 2. The molecule has 0 saturated heterocycles. The van der Waals surface area contributed by atoms with Crippen molar-refractivity contribution in [3.8, 4) is 0 Å². The topological polar surface area (TPSA) is 128 Å². The molecule has 1 aromatic rings. The predicted molar refractivity (Wildman–Crippen MR) is 93.1 cm³/mol. The van der Waals surface area contributed by atoms with Crippen LogP contribution in [0.3, 0.4) is 0 Å². The van der Waals surface area contributed by atoms with Crippen LogP contribution in [0.25, 0.3) is 0 Å². The summed E-state index contributed by atoms with van der Waals surface area (Å²) in [6, 6.07) is 3.80. The molecule has 144 valence electrons. The molecule has 0 bridgehead atoms. The lowest BCUT2D eigenvalue weighted by Gasteiger charge is -2.36. The fourth-order valence-corrected chi connectivity index (χ4v) is 3.12. The largest absolute Gasteiger partial charge is 0.731 e.